The summed E-state index contributed by atoms with van der Waals surface area (Å²) in [5.74, 6) is 0.141. The molecule has 3 aromatic rings. The highest BCUT2D eigenvalue weighted by molar-refractivity contribution is 7.09. The quantitative estimate of drug-likeness (QED) is 0.534. The van der Waals surface area contributed by atoms with Gasteiger partial charge in [0.1, 0.15) is 0 Å². The van der Waals surface area contributed by atoms with E-state index in [0.29, 0.717) is 11.7 Å². The first-order valence-corrected chi connectivity index (χ1v) is 13.7. The Bertz CT molecular complexity index is 1100. The first kappa shape index (κ1) is 23.2. The predicted molar refractivity (Wildman–Crippen MR) is 137 cm³/mol. The molecule has 1 amide bonds. The zero-order chi connectivity index (χ0) is 23.3. The number of aromatic nitrogens is 3. The summed E-state index contributed by atoms with van der Waals surface area (Å²) < 4.78 is 2.07. The van der Waals surface area contributed by atoms with Gasteiger partial charge in [-0.15, -0.1) is 11.3 Å². The smallest absolute Gasteiger partial charge is 0.274 e. The lowest BCUT2D eigenvalue weighted by Crippen LogP contribution is -2.37. The predicted octanol–water partition coefficient (Wildman–Crippen LogP) is 4.73. The third-order valence-electron chi connectivity index (χ3n) is 7.14. The van der Waals surface area contributed by atoms with Crippen LogP contribution in [0.25, 0.3) is 11.3 Å². The van der Waals surface area contributed by atoms with Crippen molar-refractivity contribution >= 4 is 17.2 Å². The molecular weight excluding hydrogens is 442 g/mol. The van der Waals surface area contributed by atoms with E-state index in [1.807, 2.05) is 11.0 Å². The number of fused-ring (bicyclic) bond motifs is 1. The molecule has 1 fully saturated rings. The molecule has 34 heavy (non-hydrogen) atoms. The molecule has 180 valence electrons. The molecule has 1 aromatic carbocycles. The highest BCUT2D eigenvalue weighted by atomic mass is 32.1. The Kier molecular flexibility index (Phi) is 7.40. The van der Waals surface area contributed by atoms with Crippen molar-refractivity contribution in [1.29, 1.82) is 0 Å². The van der Waals surface area contributed by atoms with Gasteiger partial charge in [0.25, 0.3) is 5.91 Å². The SMILES string of the molecule is CCn1nc(C(=O)N2CCCCCC2)c2c1CCC(NCCc1nc(-c3ccccc3)cs1)C2. The van der Waals surface area contributed by atoms with Gasteiger partial charge in [-0.2, -0.15) is 5.10 Å². The van der Waals surface area contributed by atoms with Gasteiger partial charge in [-0.3, -0.25) is 9.48 Å². The normalized spacial score (nSPS) is 18.5. The molecule has 0 saturated carbocycles. The maximum Gasteiger partial charge on any atom is 0.274 e. The van der Waals surface area contributed by atoms with E-state index in [1.165, 1.54) is 34.7 Å². The number of benzene rings is 1. The third-order valence-corrected chi connectivity index (χ3v) is 8.04. The van der Waals surface area contributed by atoms with Gasteiger partial charge < -0.3 is 10.2 Å². The molecule has 3 heterocycles. The van der Waals surface area contributed by atoms with Crippen LogP contribution in [0.3, 0.4) is 0 Å². The molecule has 6 nitrogen and oxygen atoms in total. The Balaban J connectivity index is 1.22. The van der Waals surface area contributed by atoms with Crippen LogP contribution in [0.2, 0.25) is 0 Å². The number of nitrogens with one attached hydrogen (secondary N) is 1. The lowest BCUT2D eigenvalue weighted by molar-refractivity contribution is 0.0753. The lowest BCUT2D eigenvalue weighted by Gasteiger charge is -2.25. The molecule has 0 spiro atoms. The van der Waals surface area contributed by atoms with Crippen LogP contribution in [-0.4, -0.2) is 51.2 Å². The van der Waals surface area contributed by atoms with Crippen molar-refractivity contribution in [2.75, 3.05) is 19.6 Å². The number of carbonyl (C=O) groups excluding carboxylic acids is 1. The summed E-state index contributed by atoms with van der Waals surface area (Å²) in [6, 6.07) is 10.7. The zero-order valence-electron chi connectivity index (χ0n) is 20.1. The van der Waals surface area contributed by atoms with Gasteiger partial charge in [0.2, 0.25) is 0 Å². The minimum Gasteiger partial charge on any atom is -0.337 e. The summed E-state index contributed by atoms with van der Waals surface area (Å²) in [6.07, 6.45) is 8.54. The standard InChI is InChI=1S/C27H35N5OS/c1-2-32-24-13-12-21(18-22(24)26(30-32)27(33)31-16-8-3-4-9-17-31)28-15-14-25-29-23(19-34-25)20-10-6-5-7-11-20/h5-7,10-11,19,21,28H,2-4,8-9,12-18H2,1H3. The van der Waals surface area contributed by atoms with Crippen LogP contribution in [0, 0.1) is 0 Å². The first-order chi connectivity index (χ1) is 16.7. The summed E-state index contributed by atoms with van der Waals surface area (Å²) in [6.45, 7) is 5.58. The van der Waals surface area contributed by atoms with E-state index in [1.54, 1.807) is 11.3 Å². The van der Waals surface area contributed by atoms with Gasteiger partial charge in [0, 0.05) is 60.8 Å². The summed E-state index contributed by atoms with van der Waals surface area (Å²) in [5.41, 5.74) is 5.39. The average molecular weight is 478 g/mol. The van der Waals surface area contributed by atoms with E-state index in [-0.39, 0.29) is 5.91 Å². The second-order valence-electron chi connectivity index (χ2n) is 9.43. The van der Waals surface area contributed by atoms with Crippen LogP contribution < -0.4 is 5.32 Å². The molecule has 2 aliphatic rings. The third kappa shape index (κ3) is 5.10. The molecule has 1 unspecified atom stereocenters. The van der Waals surface area contributed by atoms with Crippen molar-refractivity contribution in [2.45, 2.75) is 70.9 Å². The van der Waals surface area contributed by atoms with Gasteiger partial charge in [-0.05, 0) is 39.0 Å². The van der Waals surface area contributed by atoms with E-state index in [4.69, 9.17) is 10.1 Å². The fourth-order valence-electron chi connectivity index (χ4n) is 5.27. The number of rotatable bonds is 7. The van der Waals surface area contributed by atoms with Gasteiger partial charge in [0.05, 0.1) is 10.7 Å². The van der Waals surface area contributed by atoms with Crippen molar-refractivity contribution in [3.05, 3.63) is 57.7 Å². The van der Waals surface area contributed by atoms with Gasteiger partial charge in [0.15, 0.2) is 5.69 Å². The van der Waals surface area contributed by atoms with E-state index >= 15 is 0 Å². The van der Waals surface area contributed by atoms with Gasteiger partial charge in [-0.25, -0.2) is 4.98 Å². The van der Waals surface area contributed by atoms with E-state index in [9.17, 15) is 4.79 Å². The lowest BCUT2D eigenvalue weighted by atomic mass is 9.91. The molecule has 7 heteroatoms. The Hall–Kier alpha value is -2.51. The highest BCUT2D eigenvalue weighted by Crippen LogP contribution is 2.27. The number of aryl methyl sites for hydroxylation is 1. The fourth-order valence-corrected chi connectivity index (χ4v) is 6.08. The second-order valence-corrected chi connectivity index (χ2v) is 10.4. The van der Waals surface area contributed by atoms with Crippen molar-refractivity contribution < 1.29 is 4.79 Å². The summed E-state index contributed by atoms with van der Waals surface area (Å²) >= 11 is 1.74. The molecule has 1 aliphatic carbocycles. The largest absolute Gasteiger partial charge is 0.337 e. The molecule has 1 aliphatic heterocycles. The van der Waals surface area contributed by atoms with Crippen LogP contribution in [0.15, 0.2) is 35.7 Å². The number of nitrogens with zero attached hydrogens (tertiary/aromatic N) is 4. The second kappa shape index (κ2) is 10.8. The van der Waals surface area contributed by atoms with E-state index < -0.39 is 0 Å². The monoisotopic (exact) mass is 477 g/mol. The Labute approximate surface area is 206 Å². The molecule has 1 atom stereocenters. The molecular formula is C27H35N5OS. The van der Waals surface area contributed by atoms with Crippen LogP contribution >= 0.6 is 11.3 Å². The molecule has 0 bridgehead atoms. The van der Waals surface area contributed by atoms with Crippen molar-refractivity contribution in [3.8, 4) is 11.3 Å². The number of amides is 1. The van der Waals surface area contributed by atoms with E-state index in [2.05, 4.69) is 46.6 Å². The fraction of sp³-hybridized carbons (Fsp3) is 0.519. The first-order valence-electron chi connectivity index (χ1n) is 12.8. The summed E-state index contributed by atoms with van der Waals surface area (Å²) in [7, 11) is 0. The Morgan fingerprint density at radius 3 is 2.71 bits per heavy atom. The minimum atomic E-state index is 0.141. The maximum absolute atomic E-state index is 13.4. The molecule has 1 saturated heterocycles. The topological polar surface area (TPSA) is 63.1 Å². The molecule has 2 aromatic heterocycles. The maximum atomic E-state index is 13.4. The van der Waals surface area contributed by atoms with Crippen LogP contribution in [0.1, 0.15) is 65.8 Å². The molecule has 5 rings (SSSR count). The van der Waals surface area contributed by atoms with Gasteiger partial charge >= 0.3 is 0 Å². The number of thiazole rings is 1. The number of hydrogen-bond acceptors (Lipinski definition) is 5. The zero-order valence-corrected chi connectivity index (χ0v) is 20.9. The summed E-state index contributed by atoms with van der Waals surface area (Å²) in [4.78, 5) is 20.3. The average Bonchev–Trinajstić information content (AvgIpc) is 3.39. The molecule has 0 radical (unpaired) electrons. The van der Waals surface area contributed by atoms with Gasteiger partial charge in [-0.1, -0.05) is 43.2 Å². The van der Waals surface area contributed by atoms with Crippen molar-refractivity contribution in [2.24, 2.45) is 0 Å². The number of hydrogen-bond donors (Lipinski definition) is 1. The minimum absolute atomic E-state index is 0.141. The summed E-state index contributed by atoms with van der Waals surface area (Å²) in [5, 5.41) is 11.9. The number of carbonyl (C=O) groups is 1. The Morgan fingerprint density at radius 2 is 1.94 bits per heavy atom. The van der Waals surface area contributed by atoms with Crippen molar-refractivity contribution in [1.82, 2.24) is 25.0 Å². The molecule has 1 N–H and O–H groups in total. The Morgan fingerprint density at radius 1 is 1.15 bits per heavy atom. The highest BCUT2D eigenvalue weighted by Gasteiger charge is 2.31. The van der Waals surface area contributed by atoms with E-state index in [0.717, 1.165) is 70.4 Å². The van der Waals surface area contributed by atoms with Crippen molar-refractivity contribution in [3.63, 3.8) is 0 Å². The number of likely N-dealkylation sites (tertiary alicyclic amines) is 1. The van der Waals surface area contributed by atoms with Crippen LogP contribution in [0.5, 0.6) is 0 Å². The van der Waals surface area contributed by atoms with Crippen LogP contribution in [0.4, 0.5) is 0 Å². The van der Waals surface area contributed by atoms with Crippen LogP contribution in [-0.2, 0) is 25.8 Å².